The van der Waals surface area contributed by atoms with Crippen LogP contribution in [0.1, 0.15) is 54.9 Å². The van der Waals surface area contributed by atoms with Crippen molar-refractivity contribution in [3.63, 3.8) is 0 Å². The molecule has 0 rings (SSSR count). The molecule has 0 aromatic carbocycles. The maximum absolute atomic E-state index is 3.54. The number of hydrogen-bond acceptors (Lipinski definition) is 0. The van der Waals surface area contributed by atoms with Crippen LogP contribution in [0.4, 0.5) is 0 Å². The third kappa shape index (κ3) is 136. The molecule has 0 amide bonds. The average molecular weight is 204 g/mol. The Kier molecular flexibility index (Phi) is 52.7. The molecule has 84 valence electrons. The van der Waals surface area contributed by atoms with Gasteiger partial charge in [-0.05, 0) is 5.92 Å². The monoisotopic (exact) mass is 204 g/mol. The van der Waals surface area contributed by atoms with Gasteiger partial charge in [0.05, 0.1) is 0 Å². The predicted molar refractivity (Wildman–Crippen MR) is 72.4 cm³/mol. The van der Waals surface area contributed by atoms with Gasteiger partial charge in [-0.25, -0.2) is 0 Å². The highest BCUT2D eigenvalue weighted by atomic mass is 28.2. The first kappa shape index (κ1) is 23.1. The SMILES string of the molecule is C.C=C[SiH2]C.CCC.CCC(C)C. The van der Waals surface area contributed by atoms with E-state index < -0.39 is 0 Å². The van der Waals surface area contributed by atoms with E-state index in [2.05, 4.69) is 47.7 Å². The summed E-state index contributed by atoms with van der Waals surface area (Å²) in [5, 5.41) is 0. The van der Waals surface area contributed by atoms with Crippen molar-refractivity contribution in [1.29, 1.82) is 0 Å². The first-order valence-electron chi connectivity index (χ1n) is 5.21. The Labute approximate surface area is 89.7 Å². The van der Waals surface area contributed by atoms with Gasteiger partial charge >= 0.3 is 0 Å². The van der Waals surface area contributed by atoms with Crippen LogP contribution in [0.3, 0.4) is 0 Å². The van der Waals surface area contributed by atoms with E-state index in [-0.39, 0.29) is 16.9 Å². The molecule has 0 aromatic heterocycles. The van der Waals surface area contributed by atoms with Crippen molar-refractivity contribution in [3.8, 4) is 0 Å². The van der Waals surface area contributed by atoms with Crippen LogP contribution in [0, 0.1) is 5.92 Å². The topological polar surface area (TPSA) is 0 Å². The Morgan fingerprint density at radius 2 is 1.38 bits per heavy atom. The molecule has 0 bridgehead atoms. The van der Waals surface area contributed by atoms with Crippen LogP contribution >= 0.6 is 0 Å². The zero-order valence-corrected chi connectivity index (χ0v) is 11.4. The summed E-state index contributed by atoms with van der Waals surface area (Å²) in [6, 6.07) is 0. The van der Waals surface area contributed by atoms with Crippen LogP contribution in [-0.4, -0.2) is 9.52 Å². The van der Waals surface area contributed by atoms with Gasteiger partial charge in [-0.3, -0.25) is 0 Å². The van der Waals surface area contributed by atoms with E-state index in [4.69, 9.17) is 0 Å². The lowest BCUT2D eigenvalue weighted by atomic mass is 10.2. The summed E-state index contributed by atoms with van der Waals surface area (Å²) in [5.74, 6) is 0.884. The van der Waals surface area contributed by atoms with E-state index in [1.54, 1.807) is 0 Å². The molecular weight excluding hydrogens is 172 g/mol. The van der Waals surface area contributed by atoms with Crippen molar-refractivity contribution in [3.05, 3.63) is 12.3 Å². The predicted octanol–water partition coefficient (Wildman–Crippen LogP) is 4.45. The lowest BCUT2D eigenvalue weighted by Crippen LogP contribution is -1.77. The summed E-state index contributed by atoms with van der Waals surface area (Å²) < 4.78 is 0. The van der Waals surface area contributed by atoms with E-state index in [0.29, 0.717) is 0 Å². The molecule has 0 nitrogen and oxygen atoms in total. The van der Waals surface area contributed by atoms with Gasteiger partial charge in [-0.1, -0.05) is 61.4 Å². The fourth-order valence-electron chi connectivity index (χ4n) is 0. The van der Waals surface area contributed by atoms with E-state index in [9.17, 15) is 0 Å². The van der Waals surface area contributed by atoms with E-state index in [1.165, 1.54) is 12.8 Å². The highest BCUT2D eigenvalue weighted by molar-refractivity contribution is 6.39. The lowest BCUT2D eigenvalue weighted by molar-refractivity contribution is 0.626. The molecule has 0 saturated carbocycles. The molecule has 0 spiro atoms. The highest BCUT2D eigenvalue weighted by Crippen LogP contribution is 1.93. The molecule has 0 radical (unpaired) electrons. The van der Waals surface area contributed by atoms with Crippen molar-refractivity contribution in [2.75, 3.05) is 0 Å². The molecule has 0 aliphatic carbocycles. The fourth-order valence-corrected chi connectivity index (χ4v) is 0. The highest BCUT2D eigenvalue weighted by Gasteiger charge is 1.80. The maximum atomic E-state index is 3.54. The molecule has 0 N–H and O–H groups in total. The second-order valence-electron chi connectivity index (χ2n) is 3.21. The molecule has 0 aliphatic rings. The Bertz CT molecular complexity index is 58.1. The van der Waals surface area contributed by atoms with Gasteiger partial charge in [-0.15, -0.1) is 12.3 Å². The van der Waals surface area contributed by atoms with E-state index in [1.807, 2.05) is 5.70 Å². The summed E-state index contributed by atoms with van der Waals surface area (Å²) >= 11 is 0. The second kappa shape index (κ2) is 29.7. The minimum Gasteiger partial charge on any atom is -0.109 e. The molecule has 0 aromatic rings. The van der Waals surface area contributed by atoms with Gasteiger partial charge in [0.15, 0.2) is 0 Å². The minimum atomic E-state index is 0. The van der Waals surface area contributed by atoms with Gasteiger partial charge in [-0.2, -0.15) is 0 Å². The molecular formula is C12H32Si. The van der Waals surface area contributed by atoms with Crippen LogP contribution in [-0.2, 0) is 0 Å². The number of hydrogen-bond donors (Lipinski definition) is 0. The Morgan fingerprint density at radius 1 is 1.23 bits per heavy atom. The Hall–Kier alpha value is -0.0431. The van der Waals surface area contributed by atoms with Crippen LogP contribution < -0.4 is 0 Å². The zero-order valence-electron chi connectivity index (χ0n) is 9.98. The van der Waals surface area contributed by atoms with E-state index in [0.717, 1.165) is 5.92 Å². The fraction of sp³-hybridized carbons (Fsp3) is 0.833. The van der Waals surface area contributed by atoms with Crippen LogP contribution in [0.2, 0.25) is 6.55 Å². The molecule has 0 fully saturated rings. The molecule has 13 heavy (non-hydrogen) atoms. The molecule has 0 aliphatic heterocycles. The summed E-state index contributed by atoms with van der Waals surface area (Å²) in [4.78, 5) is 0. The smallest absolute Gasteiger partial charge is 0.0415 e. The van der Waals surface area contributed by atoms with Gasteiger partial charge < -0.3 is 0 Å². The van der Waals surface area contributed by atoms with Crippen LogP contribution in [0.25, 0.3) is 0 Å². The van der Waals surface area contributed by atoms with Gasteiger partial charge in [0, 0.05) is 9.52 Å². The lowest BCUT2D eigenvalue weighted by Gasteiger charge is -1.90. The van der Waals surface area contributed by atoms with Crippen LogP contribution in [0.15, 0.2) is 12.3 Å². The van der Waals surface area contributed by atoms with Gasteiger partial charge in [0.1, 0.15) is 0 Å². The third-order valence-electron chi connectivity index (χ3n) is 1.11. The minimum absolute atomic E-state index is 0. The van der Waals surface area contributed by atoms with Crippen molar-refractivity contribution in [2.24, 2.45) is 5.92 Å². The van der Waals surface area contributed by atoms with Gasteiger partial charge in [0.25, 0.3) is 0 Å². The quantitative estimate of drug-likeness (QED) is 0.583. The molecule has 0 saturated heterocycles. The third-order valence-corrected chi connectivity index (χ3v) is 1.68. The first-order valence-corrected chi connectivity index (χ1v) is 7.44. The van der Waals surface area contributed by atoms with Crippen molar-refractivity contribution < 1.29 is 0 Å². The van der Waals surface area contributed by atoms with Crippen molar-refractivity contribution in [2.45, 2.75) is 61.4 Å². The number of rotatable bonds is 2. The largest absolute Gasteiger partial charge is 0.109 e. The zero-order chi connectivity index (χ0) is 10.4. The molecule has 0 heterocycles. The second-order valence-corrected chi connectivity index (χ2v) is 4.60. The summed E-state index contributed by atoms with van der Waals surface area (Å²) in [5.41, 5.74) is 2.01. The molecule has 0 atom stereocenters. The summed E-state index contributed by atoms with van der Waals surface area (Å²) in [6.45, 7) is 16.6. The standard InChI is InChI=1S/C5H12.C3H8Si.C3H8.CH4/c1-4-5(2)3;1-3-4-2;1-3-2;/h5H,4H2,1-3H3;3H,1,4H2,2H3;3H2,1-2H3;1H4. The van der Waals surface area contributed by atoms with Crippen LogP contribution in [0.5, 0.6) is 0 Å². The average Bonchev–Trinajstić information content (AvgIpc) is 2.06. The first-order chi connectivity index (χ1) is 5.60. The van der Waals surface area contributed by atoms with E-state index >= 15 is 0 Å². The normalized spacial score (nSPS) is 7.92. The molecule has 0 unspecified atom stereocenters. The molecule has 1 heteroatoms. The summed E-state index contributed by atoms with van der Waals surface area (Å²) in [6.07, 6.45) is 2.56. The van der Waals surface area contributed by atoms with Crippen molar-refractivity contribution >= 4 is 9.52 Å². The maximum Gasteiger partial charge on any atom is 0.0415 e. The Morgan fingerprint density at radius 3 is 1.38 bits per heavy atom. The van der Waals surface area contributed by atoms with Crippen molar-refractivity contribution in [1.82, 2.24) is 0 Å². The Balaban J connectivity index is -0.0000000465. The summed E-state index contributed by atoms with van der Waals surface area (Å²) in [7, 11) is 0.188. The van der Waals surface area contributed by atoms with Gasteiger partial charge in [0.2, 0.25) is 0 Å².